The van der Waals surface area contributed by atoms with Crippen LogP contribution in [-0.2, 0) is 0 Å². The van der Waals surface area contributed by atoms with Crippen molar-refractivity contribution in [2.45, 2.75) is 43.6 Å². The first-order valence-corrected chi connectivity index (χ1v) is 8.77. The average Bonchev–Trinajstić information content (AvgIpc) is 3.09. The second-order valence-corrected chi connectivity index (χ2v) is 7.04. The van der Waals surface area contributed by atoms with E-state index in [4.69, 9.17) is 0 Å². The van der Waals surface area contributed by atoms with E-state index in [0.29, 0.717) is 5.92 Å². The summed E-state index contributed by atoms with van der Waals surface area (Å²) >= 11 is 3.33. The van der Waals surface area contributed by atoms with E-state index in [1.165, 1.54) is 73.5 Å². The topological polar surface area (TPSA) is 29.0 Å². The van der Waals surface area contributed by atoms with Gasteiger partial charge in [-0.05, 0) is 31.1 Å². The highest BCUT2D eigenvalue weighted by molar-refractivity contribution is 7.99. The number of hydrogen-bond donors (Lipinski definition) is 0. The molecule has 3 nitrogen and oxygen atoms in total. The summed E-state index contributed by atoms with van der Waals surface area (Å²) in [6.45, 7) is 6.07. The molecule has 2 bridgehead atoms. The van der Waals surface area contributed by atoms with Crippen molar-refractivity contribution < 1.29 is 0 Å². The monoisotopic (exact) mass is 283 g/mol. The Kier molecular flexibility index (Phi) is 4.21. The SMILES string of the molecule is CCCCCSc1nsnc1[C@H]1CN2CCC1C2. The Morgan fingerprint density at radius 2 is 2.28 bits per heavy atom. The van der Waals surface area contributed by atoms with Crippen LogP contribution in [0.25, 0.3) is 0 Å². The third-order valence-electron chi connectivity index (χ3n) is 4.15. The smallest absolute Gasteiger partial charge is 0.134 e. The molecule has 3 rings (SSSR count). The molecule has 3 atom stereocenters. The molecule has 2 saturated heterocycles. The fourth-order valence-electron chi connectivity index (χ4n) is 3.13. The average molecular weight is 283 g/mol. The lowest BCUT2D eigenvalue weighted by atomic mass is 9.90. The number of piperidine rings is 1. The number of hydrogen-bond acceptors (Lipinski definition) is 5. The van der Waals surface area contributed by atoms with Crippen LogP contribution >= 0.6 is 23.5 Å². The van der Waals surface area contributed by atoms with Gasteiger partial charge in [0.2, 0.25) is 0 Å². The molecule has 2 unspecified atom stereocenters. The Hall–Kier alpha value is -0.130. The summed E-state index contributed by atoms with van der Waals surface area (Å²) in [4.78, 5) is 2.58. The van der Waals surface area contributed by atoms with Crippen molar-refractivity contribution in [2.75, 3.05) is 25.4 Å². The van der Waals surface area contributed by atoms with Crippen molar-refractivity contribution in [2.24, 2.45) is 5.92 Å². The van der Waals surface area contributed by atoms with Crippen LogP contribution in [0.2, 0.25) is 0 Å². The zero-order chi connectivity index (χ0) is 12.4. The molecule has 0 spiro atoms. The fourth-order valence-corrected chi connectivity index (χ4v) is 4.90. The number of fused-ring (bicyclic) bond motifs is 2. The van der Waals surface area contributed by atoms with E-state index in [-0.39, 0.29) is 0 Å². The molecule has 2 aliphatic heterocycles. The van der Waals surface area contributed by atoms with E-state index in [1.54, 1.807) is 0 Å². The van der Waals surface area contributed by atoms with E-state index < -0.39 is 0 Å². The van der Waals surface area contributed by atoms with Gasteiger partial charge in [-0.3, -0.25) is 0 Å². The van der Waals surface area contributed by atoms with Crippen LogP contribution < -0.4 is 0 Å². The van der Waals surface area contributed by atoms with Crippen LogP contribution in [0.4, 0.5) is 0 Å². The number of aromatic nitrogens is 2. The Balaban J connectivity index is 1.61. The molecule has 2 aliphatic rings. The van der Waals surface area contributed by atoms with Crippen LogP contribution in [0.1, 0.15) is 44.2 Å². The maximum Gasteiger partial charge on any atom is 0.134 e. The van der Waals surface area contributed by atoms with E-state index in [1.807, 2.05) is 11.8 Å². The summed E-state index contributed by atoms with van der Waals surface area (Å²) in [5.41, 5.74) is 1.31. The third kappa shape index (κ3) is 2.58. The van der Waals surface area contributed by atoms with Gasteiger partial charge in [-0.15, -0.1) is 11.8 Å². The standard InChI is InChI=1S/C13H21N3S2/c1-2-3-4-7-17-13-12(14-18-15-13)11-9-16-6-5-10(11)8-16/h10-11H,2-9H2,1H3/t10?,11-/m0/s1. The van der Waals surface area contributed by atoms with Gasteiger partial charge in [0.1, 0.15) is 5.03 Å². The molecule has 0 aliphatic carbocycles. The van der Waals surface area contributed by atoms with Crippen molar-refractivity contribution in [1.29, 1.82) is 0 Å². The quantitative estimate of drug-likeness (QED) is 0.592. The minimum Gasteiger partial charge on any atom is -0.302 e. The predicted molar refractivity (Wildman–Crippen MR) is 77.4 cm³/mol. The summed E-state index contributed by atoms with van der Waals surface area (Å²) < 4.78 is 9.12. The maximum absolute atomic E-state index is 4.60. The molecule has 2 fully saturated rings. The van der Waals surface area contributed by atoms with Gasteiger partial charge in [-0.1, -0.05) is 19.8 Å². The highest BCUT2D eigenvalue weighted by atomic mass is 32.2. The van der Waals surface area contributed by atoms with Crippen molar-refractivity contribution in [1.82, 2.24) is 13.6 Å². The number of nitrogens with zero attached hydrogens (tertiary/aromatic N) is 3. The highest BCUT2D eigenvalue weighted by Gasteiger charge is 2.41. The van der Waals surface area contributed by atoms with Gasteiger partial charge in [0, 0.05) is 19.0 Å². The van der Waals surface area contributed by atoms with Crippen LogP contribution in [0.15, 0.2) is 5.03 Å². The zero-order valence-electron chi connectivity index (χ0n) is 11.0. The molecule has 0 aromatic carbocycles. The molecule has 1 aromatic heterocycles. The molecule has 18 heavy (non-hydrogen) atoms. The molecule has 5 heteroatoms. The Morgan fingerprint density at radius 1 is 1.33 bits per heavy atom. The van der Waals surface area contributed by atoms with Crippen molar-refractivity contribution in [3.63, 3.8) is 0 Å². The normalized spacial score (nSPS) is 30.2. The first-order chi connectivity index (χ1) is 8.88. The number of rotatable bonds is 6. The summed E-state index contributed by atoms with van der Waals surface area (Å²) in [5, 5.41) is 1.23. The molecule has 3 heterocycles. The van der Waals surface area contributed by atoms with Crippen LogP contribution in [0.3, 0.4) is 0 Å². The maximum atomic E-state index is 4.60. The lowest BCUT2D eigenvalue weighted by Gasteiger charge is -2.20. The first-order valence-electron chi connectivity index (χ1n) is 7.06. The third-order valence-corrected chi connectivity index (χ3v) is 5.88. The number of thioether (sulfide) groups is 1. The van der Waals surface area contributed by atoms with E-state index in [2.05, 4.69) is 20.6 Å². The summed E-state index contributed by atoms with van der Waals surface area (Å²) in [6.07, 6.45) is 5.29. The van der Waals surface area contributed by atoms with E-state index >= 15 is 0 Å². The Morgan fingerprint density at radius 3 is 3.00 bits per heavy atom. The molecule has 0 radical (unpaired) electrons. The lowest BCUT2D eigenvalue weighted by Crippen LogP contribution is -2.22. The second kappa shape index (κ2) is 5.88. The summed E-state index contributed by atoms with van der Waals surface area (Å²) in [6, 6.07) is 0. The fraction of sp³-hybridized carbons (Fsp3) is 0.846. The van der Waals surface area contributed by atoms with Crippen molar-refractivity contribution in [3.05, 3.63) is 5.69 Å². The zero-order valence-corrected chi connectivity index (χ0v) is 12.6. The minimum absolute atomic E-state index is 0.672. The lowest BCUT2D eigenvalue weighted by molar-refractivity contribution is 0.342. The van der Waals surface area contributed by atoms with Gasteiger partial charge >= 0.3 is 0 Å². The van der Waals surface area contributed by atoms with Gasteiger partial charge in [-0.2, -0.15) is 8.75 Å². The summed E-state index contributed by atoms with van der Waals surface area (Å²) in [5.74, 6) is 2.72. The molecule has 100 valence electrons. The van der Waals surface area contributed by atoms with Crippen LogP contribution in [-0.4, -0.2) is 39.0 Å². The van der Waals surface area contributed by atoms with Gasteiger partial charge in [0.05, 0.1) is 17.4 Å². The Bertz CT molecular complexity index is 393. The Labute approximate surface area is 118 Å². The highest BCUT2D eigenvalue weighted by Crippen LogP contribution is 2.42. The molecule has 0 N–H and O–H groups in total. The molecule has 0 amide bonds. The molecular formula is C13H21N3S2. The first kappa shape index (κ1) is 12.9. The van der Waals surface area contributed by atoms with Gasteiger partial charge < -0.3 is 4.90 Å². The van der Waals surface area contributed by atoms with Gasteiger partial charge in [-0.25, -0.2) is 0 Å². The molecule has 1 aromatic rings. The van der Waals surface area contributed by atoms with Gasteiger partial charge in [0.15, 0.2) is 0 Å². The number of unbranched alkanes of at least 4 members (excludes halogenated alkanes) is 2. The van der Waals surface area contributed by atoms with E-state index in [0.717, 1.165) is 5.92 Å². The molecular weight excluding hydrogens is 262 g/mol. The van der Waals surface area contributed by atoms with Crippen LogP contribution in [0, 0.1) is 5.92 Å². The van der Waals surface area contributed by atoms with E-state index in [9.17, 15) is 0 Å². The van der Waals surface area contributed by atoms with Crippen LogP contribution in [0.5, 0.6) is 0 Å². The minimum atomic E-state index is 0.672. The van der Waals surface area contributed by atoms with Crippen molar-refractivity contribution in [3.8, 4) is 0 Å². The second-order valence-electron chi connectivity index (χ2n) is 5.43. The predicted octanol–water partition coefficient (Wildman–Crippen LogP) is 3.24. The summed E-state index contributed by atoms with van der Waals surface area (Å²) in [7, 11) is 0. The van der Waals surface area contributed by atoms with Gasteiger partial charge in [0.25, 0.3) is 0 Å². The largest absolute Gasteiger partial charge is 0.302 e. The van der Waals surface area contributed by atoms with Crippen molar-refractivity contribution >= 4 is 23.5 Å². The molecule has 0 saturated carbocycles.